The van der Waals surface area contributed by atoms with E-state index in [2.05, 4.69) is 121 Å². The van der Waals surface area contributed by atoms with Crippen LogP contribution in [0.3, 0.4) is 0 Å². The lowest BCUT2D eigenvalue weighted by molar-refractivity contribution is 0.669. The number of nitrogens with zero attached hydrogens (tertiary/aromatic N) is 3. The molecule has 4 heteroatoms. The molecule has 0 unspecified atom stereocenters. The van der Waals surface area contributed by atoms with Crippen molar-refractivity contribution in [2.45, 2.75) is 0 Å². The van der Waals surface area contributed by atoms with Gasteiger partial charge in [0.15, 0.2) is 17.5 Å². The number of fused-ring (bicyclic) bond motifs is 6. The van der Waals surface area contributed by atoms with E-state index in [4.69, 9.17) is 19.4 Å². The first-order valence-corrected chi connectivity index (χ1v) is 17.1. The fourth-order valence-electron chi connectivity index (χ4n) is 7.38. The molecule has 10 rings (SSSR count). The smallest absolute Gasteiger partial charge is 0.164 e. The molecular formula is C47H29N3O. The van der Waals surface area contributed by atoms with Gasteiger partial charge in [-0.2, -0.15) is 0 Å². The summed E-state index contributed by atoms with van der Waals surface area (Å²) in [5.41, 5.74) is 9.03. The molecule has 0 aliphatic carbocycles. The zero-order valence-electron chi connectivity index (χ0n) is 27.5. The molecule has 0 aliphatic heterocycles. The van der Waals surface area contributed by atoms with Crippen molar-refractivity contribution in [2.24, 2.45) is 0 Å². The fraction of sp³-hybridized carbons (Fsp3) is 0. The Bertz CT molecular complexity index is 2910. The van der Waals surface area contributed by atoms with Gasteiger partial charge < -0.3 is 4.42 Å². The van der Waals surface area contributed by atoms with E-state index in [-0.39, 0.29) is 0 Å². The van der Waals surface area contributed by atoms with Crippen molar-refractivity contribution in [3.8, 4) is 56.4 Å². The van der Waals surface area contributed by atoms with Crippen LogP contribution in [-0.4, -0.2) is 15.0 Å². The molecule has 2 aromatic heterocycles. The lowest BCUT2D eigenvalue weighted by Gasteiger charge is -2.19. The molecule has 0 atom stereocenters. The number of benzene rings is 8. The van der Waals surface area contributed by atoms with Crippen LogP contribution >= 0.6 is 0 Å². The number of para-hydroxylation sites is 1. The van der Waals surface area contributed by atoms with Crippen LogP contribution in [0.1, 0.15) is 0 Å². The third-order valence-electron chi connectivity index (χ3n) is 9.71. The predicted octanol–water partition coefficient (Wildman–Crippen LogP) is 12.4. The summed E-state index contributed by atoms with van der Waals surface area (Å²) in [4.78, 5) is 15.2. The predicted molar refractivity (Wildman–Crippen MR) is 209 cm³/mol. The number of rotatable bonds is 5. The summed E-state index contributed by atoms with van der Waals surface area (Å²) in [6.45, 7) is 0. The first-order chi connectivity index (χ1) is 25.3. The van der Waals surface area contributed by atoms with Gasteiger partial charge in [-0.25, -0.2) is 15.0 Å². The van der Waals surface area contributed by atoms with Crippen molar-refractivity contribution in [2.75, 3.05) is 0 Å². The normalized spacial score (nSPS) is 11.5. The van der Waals surface area contributed by atoms with Gasteiger partial charge in [-0.1, -0.05) is 152 Å². The minimum Gasteiger partial charge on any atom is -0.456 e. The maximum absolute atomic E-state index is 6.25. The summed E-state index contributed by atoms with van der Waals surface area (Å²) < 4.78 is 6.25. The zero-order valence-corrected chi connectivity index (χ0v) is 27.5. The zero-order chi connectivity index (χ0) is 33.7. The van der Waals surface area contributed by atoms with Gasteiger partial charge >= 0.3 is 0 Å². The van der Waals surface area contributed by atoms with E-state index in [1.54, 1.807) is 0 Å². The van der Waals surface area contributed by atoms with E-state index in [0.29, 0.717) is 17.5 Å². The average Bonchev–Trinajstić information content (AvgIpc) is 3.59. The van der Waals surface area contributed by atoms with Gasteiger partial charge in [0.1, 0.15) is 11.2 Å². The third kappa shape index (κ3) is 4.96. The molecule has 0 fully saturated rings. The Kier molecular flexibility index (Phi) is 6.78. The maximum Gasteiger partial charge on any atom is 0.164 e. The first kappa shape index (κ1) is 29.0. The molecule has 51 heavy (non-hydrogen) atoms. The van der Waals surface area contributed by atoms with Crippen LogP contribution in [0, 0.1) is 0 Å². The minimum absolute atomic E-state index is 0.591. The van der Waals surface area contributed by atoms with Gasteiger partial charge in [-0.3, -0.25) is 0 Å². The van der Waals surface area contributed by atoms with Gasteiger partial charge in [-0.05, 0) is 68.1 Å². The molecule has 0 aliphatic rings. The number of furan rings is 1. The molecule has 0 spiro atoms. The number of aromatic nitrogens is 3. The molecular weight excluding hydrogens is 623 g/mol. The first-order valence-electron chi connectivity index (χ1n) is 17.1. The molecule has 0 saturated carbocycles. The fourth-order valence-corrected chi connectivity index (χ4v) is 7.38. The highest BCUT2D eigenvalue weighted by Crippen LogP contribution is 2.45. The van der Waals surface area contributed by atoms with E-state index in [0.717, 1.165) is 44.2 Å². The lowest BCUT2D eigenvalue weighted by atomic mass is 9.84. The van der Waals surface area contributed by atoms with E-state index >= 15 is 0 Å². The van der Waals surface area contributed by atoms with Crippen molar-refractivity contribution in [3.05, 3.63) is 176 Å². The molecule has 0 saturated heterocycles. The molecule has 238 valence electrons. The molecule has 4 nitrogen and oxygen atoms in total. The molecule has 0 N–H and O–H groups in total. The van der Waals surface area contributed by atoms with E-state index in [1.165, 1.54) is 38.2 Å². The highest BCUT2D eigenvalue weighted by atomic mass is 16.3. The lowest BCUT2D eigenvalue weighted by Crippen LogP contribution is -2.00. The Morgan fingerprint density at radius 2 is 0.725 bits per heavy atom. The quantitative estimate of drug-likeness (QED) is 0.174. The summed E-state index contributed by atoms with van der Waals surface area (Å²) in [7, 11) is 0. The SMILES string of the molecule is c1ccc(-c2nc(-c3cccc(-c4c(-c5ccccc5)c5ccccc5c5ccccc45)c3)nc(-c3ccc4c(c3)oc3ccccc34)n2)cc1. The minimum atomic E-state index is 0.591. The van der Waals surface area contributed by atoms with E-state index < -0.39 is 0 Å². The van der Waals surface area contributed by atoms with Crippen LogP contribution in [0.15, 0.2) is 180 Å². The summed E-state index contributed by atoms with van der Waals surface area (Å²) in [6.07, 6.45) is 0. The second kappa shape index (κ2) is 11.9. The highest BCUT2D eigenvalue weighted by Gasteiger charge is 2.19. The van der Waals surface area contributed by atoms with E-state index in [1.807, 2.05) is 54.6 Å². The average molecular weight is 652 g/mol. The second-order valence-corrected chi connectivity index (χ2v) is 12.8. The number of hydrogen-bond acceptors (Lipinski definition) is 4. The highest BCUT2D eigenvalue weighted by molar-refractivity contribution is 6.21. The van der Waals surface area contributed by atoms with Crippen molar-refractivity contribution in [1.29, 1.82) is 0 Å². The summed E-state index contributed by atoms with van der Waals surface area (Å²) in [5.74, 6) is 1.82. The molecule has 2 heterocycles. The van der Waals surface area contributed by atoms with Gasteiger partial charge in [0.2, 0.25) is 0 Å². The van der Waals surface area contributed by atoms with Gasteiger partial charge in [0, 0.05) is 27.5 Å². The Morgan fingerprint density at radius 1 is 0.275 bits per heavy atom. The van der Waals surface area contributed by atoms with Crippen LogP contribution in [0.2, 0.25) is 0 Å². The summed E-state index contributed by atoms with van der Waals surface area (Å²) in [6, 6.07) is 61.1. The Hall–Kier alpha value is -6.91. The van der Waals surface area contributed by atoms with Gasteiger partial charge in [0.25, 0.3) is 0 Å². The largest absolute Gasteiger partial charge is 0.456 e. The summed E-state index contributed by atoms with van der Waals surface area (Å²) >= 11 is 0. The van der Waals surface area contributed by atoms with Crippen LogP contribution in [0.25, 0.3) is 99.9 Å². The number of hydrogen-bond donors (Lipinski definition) is 0. The molecule has 0 radical (unpaired) electrons. The molecule has 0 bridgehead atoms. The van der Waals surface area contributed by atoms with Crippen LogP contribution in [0.4, 0.5) is 0 Å². The topological polar surface area (TPSA) is 51.8 Å². The third-order valence-corrected chi connectivity index (χ3v) is 9.71. The molecule has 0 amide bonds. The van der Waals surface area contributed by atoms with Crippen LogP contribution in [0.5, 0.6) is 0 Å². The van der Waals surface area contributed by atoms with Crippen molar-refractivity contribution in [3.63, 3.8) is 0 Å². The van der Waals surface area contributed by atoms with Crippen molar-refractivity contribution < 1.29 is 4.42 Å². The standard InChI is InChI=1S/C47H29N3O/c1-3-14-30(15-4-1)43-39-23-9-7-20-35(39)36-21-8-10-24-40(36)44(43)32-18-13-19-33(28-32)46-48-45(31-16-5-2-6-17-31)49-47(50-46)34-26-27-38-37-22-11-12-25-41(37)51-42(38)29-34/h1-29H. The van der Waals surface area contributed by atoms with Crippen molar-refractivity contribution >= 4 is 43.5 Å². The summed E-state index contributed by atoms with van der Waals surface area (Å²) in [5, 5.41) is 7.04. The Morgan fingerprint density at radius 3 is 1.39 bits per heavy atom. The van der Waals surface area contributed by atoms with Gasteiger partial charge in [-0.15, -0.1) is 0 Å². The van der Waals surface area contributed by atoms with Crippen molar-refractivity contribution in [1.82, 2.24) is 15.0 Å². The van der Waals surface area contributed by atoms with Crippen LogP contribution < -0.4 is 0 Å². The van der Waals surface area contributed by atoms with E-state index in [9.17, 15) is 0 Å². The molecule has 8 aromatic carbocycles. The second-order valence-electron chi connectivity index (χ2n) is 12.8. The van der Waals surface area contributed by atoms with Crippen LogP contribution in [-0.2, 0) is 0 Å². The molecule has 10 aromatic rings. The monoisotopic (exact) mass is 651 g/mol. The Labute approximate surface area is 294 Å². The Balaban J connectivity index is 1.20. The maximum atomic E-state index is 6.25. The van der Waals surface area contributed by atoms with Gasteiger partial charge in [0.05, 0.1) is 0 Å².